The first-order chi connectivity index (χ1) is 12.6. The molecule has 0 saturated carbocycles. The van der Waals surface area contributed by atoms with E-state index in [1.54, 1.807) is 24.3 Å². The second-order valence-electron chi connectivity index (χ2n) is 5.09. The van der Waals surface area contributed by atoms with Crippen LogP contribution in [0.5, 0.6) is 5.75 Å². The SMILES string of the molecule is COC(=O)COc1ccc(/C=N\NC(=O)CNc2ccc(I)cc2)cc1. The number of benzene rings is 2. The summed E-state index contributed by atoms with van der Waals surface area (Å²) in [6, 6.07) is 14.6. The van der Waals surface area contributed by atoms with Crippen LogP contribution in [-0.2, 0) is 14.3 Å². The first-order valence-electron chi connectivity index (χ1n) is 7.68. The molecule has 0 heterocycles. The maximum atomic E-state index is 11.8. The number of carbonyl (C=O) groups is 2. The fourth-order valence-electron chi connectivity index (χ4n) is 1.82. The van der Waals surface area contributed by atoms with Gasteiger partial charge in [0.25, 0.3) is 5.91 Å². The summed E-state index contributed by atoms with van der Waals surface area (Å²) in [5.74, 6) is -0.159. The molecule has 8 heteroatoms. The normalized spacial score (nSPS) is 10.4. The van der Waals surface area contributed by atoms with Crippen molar-refractivity contribution in [3.05, 3.63) is 57.7 Å². The maximum absolute atomic E-state index is 11.8. The van der Waals surface area contributed by atoms with Crippen molar-refractivity contribution in [2.45, 2.75) is 0 Å². The van der Waals surface area contributed by atoms with Crippen LogP contribution in [0.4, 0.5) is 5.69 Å². The van der Waals surface area contributed by atoms with E-state index in [1.165, 1.54) is 13.3 Å². The number of anilines is 1. The molecule has 0 unspecified atom stereocenters. The Labute approximate surface area is 164 Å². The zero-order valence-electron chi connectivity index (χ0n) is 14.1. The molecule has 0 spiro atoms. The van der Waals surface area contributed by atoms with Crippen LogP contribution in [0.25, 0.3) is 0 Å². The largest absolute Gasteiger partial charge is 0.482 e. The molecule has 0 aliphatic heterocycles. The molecule has 2 aromatic rings. The number of nitrogens with zero attached hydrogens (tertiary/aromatic N) is 1. The Morgan fingerprint density at radius 1 is 1.12 bits per heavy atom. The molecule has 26 heavy (non-hydrogen) atoms. The lowest BCUT2D eigenvalue weighted by Crippen LogP contribution is -2.25. The number of carbonyl (C=O) groups excluding carboxylic acids is 2. The van der Waals surface area contributed by atoms with Crippen molar-refractivity contribution in [2.75, 3.05) is 25.6 Å². The number of hydrazone groups is 1. The number of esters is 1. The van der Waals surface area contributed by atoms with E-state index in [2.05, 4.69) is 43.2 Å². The highest BCUT2D eigenvalue weighted by atomic mass is 127. The highest BCUT2D eigenvalue weighted by molar-refractivity contribution is 14.1. The molecule has 136 valence electrons. The minimum Gasteiger partial charge on any atom is -0.482 e. The average Bonchev–Trinajstić information content (AvgIpc) is 2.66. The van der Waals surface area contributed by atoms with Crippen molar-refractivity contribution < 1.29 is 19.1 Å². The van der Waals surface area contributed by atoms with Gasteiger partial charge in [-0.2, -0.15) is 5.10 Å². The summed E-state index contributed by atoms with van der Waals surface area (Å²) in [4.78, 5) is 22.8. The van der Waals surface area contributed by atoms with Crippen molar-refractivity contribution in [3.63, 3.8) is 0 Å². The van der Waals surface area contributed by atoms with E-state index in [-0.39, 0.29) is 19.1 Å². The second-order valence-corrected chi connectivity index (χ2v) is 6.33. The summed E-state index contributed by atoms with van der Waals surface area (Å²) < 4.78 is 10.9. The molecule has 0 aromatic heterocycles. The van der Waals surface area contributed by atoms with Crippen molar-refractivity contribution in [3.8, 4) is 5.75 Å². The van der Waals surface area contributed by atoms with Gasteiger partial charge in [-0.1, -0.05) is 0 Å². The Balaban J connectivity index is 1.74. The van der Waals surface area contributed by atoms with Gasteiger partial charge >= 0.3 is 5.97 Å². The molecule has 0 saturated heterocycles. The molecular formula is C18H18IN3O4. The molecule has 0 atom stereocenters. The number of nitrogens with one attached hydrogen (secondary N) is 2. The monoisotopic (exact) mass is 467 g/mol. The van der Waals surface area contributed by atoms with Crippen LogP contribution in [0, 0.1) is 3.57 Å². The van der Waals surface area contributed by atoms with Gasteiger partial charge in [0, 0.05) is 9.26 Å². The van der Waals surface area contributed by atoms with Gasteiger partial charge in [0.2, 0.25) is 0 Å². The Kier molecular flexibility index (Phi) is 7.87. The fraction of sp³-hybridized carbons (Fsp3) is 0.167. The van der Waals surface area contributed by atoms with Gasteiger partial charge in [0.05, 0.1) is 19.9 Å². The summed E-state index contributed by atoms with van der Waals surface area (Å²) in [5, 5.41) is 6.92. The minimum absolute atomic E-state index is 0.123. The number of amides is 1. The van der Waals surface area contributed by atoms with Gasteiger partial charge < -0.3 is 14.8 Å². The first-order valence-corrected chi connectivity index (χ1v) is 8.76. The Morgan fingerprint density at radius 3 is 2.46 bits per heavy atom. The standard InChI is InChI=1S/C18H18IN3O4/c1-25-18(24)12-26-16-8-2-13(3-9-16)10-21-22-17(23)11-20-15-6-4-14(19)5-7-15/h2-10,20H,11-12H2,1H3,(H,22,23)/b21-10-. The lowest BCUT2D eigenvalue weighted by molar-refractivity contribution is -0.142. The van der Waals surface area contributed by atoms with E-state index in [9.17, 15) is 9.59 Å². The van der Waals surface area contributed by atoms with Gasteiger partial charge in [-0.15, -0.1) is 0 Å². The number of rotatable bonds is 8. The van der Waals surface area contributed by atoms with Crippen LogP contribution >= 0.6 is 22.6 Å². The molecule has 2 aromatic carbocycles. The third-order valence-corrected chi connectivity index (χ3v) is 3.88. The number of hydrogen-bond acceptors (Lipinski definition) is 6. The molecular weight excluding hydrogens is 449 g/mol. The fourth-order valence-corrected chi connectivity index (χ4v) is 2.18. The minimum atomic E-state index is -0.447. The average molecular weight is 467 g/mol. The number of ether oxygens (including phenoxy) is 2. The number of methoxy groups -OCH3 is 1. The maximum Gasteiger partial charge on any atom is 0.343 e. The smallest absolute Gasteiger partial charge is 0.343 e. The summed E-state index contributed by atoms with van der Waals surface area (Å²) in [6.07, 6.45) is 1.52. The van der Waals surface area contributed by atoms with Crippen molar-refractivity contribution in [2.24, 2.45) is 5.10 Å². The predicted octanol–water partition coefficient (Wildman–Crippen LogP) is 2.41. The predicted molar refractivity (Wildman–Crippen MR) is 107 cm³/mol. The van der Waals surface area contributed by atoms with Gasteiger partial charge in [0.15, 0.2) is 6.61 Å². The molecule has 0 bridgehead atoms. The van der Waals surface area contributed by atoms with Gasteiger partial charge in [-0.3, -0.25) is 4.79 Å². The number of halogens is 1. The zero-order chi connectivity index (χ0) is 18.8. The van der Waals surface area contributed by atoms with E-state index in [1.807, 2.05) is 24.3 Å². The van der Waals surface area contributed by atoms with E-state index >= 15 is 0 Å². The molecule has 1 amide bonds. The van der Waals surface area contributed by atoms with Crippen LogP contribution in [0.15, 0.2) is 53.6 Å². The molecule has 0 fully saturated rings. The van der Waals surface area contributed by atoms with Crippen molar-refractivity contribution >= 4 is 46.4 Å². The van der Waals surface area contributed by atoms with Gasteiger partial charge in [-0.05, 0) is 76.7 Å². The van der Waals surface area contributed by atoms with Crippen LogP contribution in [-0.4, -0.2) is 38.4 Å². The molecule has 7 nitrogen and oxygen atoms in total. The Bertz CT molecular complexity index is 761. The lowest BCUT2D eigenvalue weighted by atomic mass is 10.2. The highest BCUT2D eigenvalue weighted by Gasteiger charge is 2.02. The molecule has 2 N–H and O–H groups in total. The Hall–Kier alpha value is -2.62. The van der Waals surface area contributed by atoms with Crippen LogP contribution < -0.4 is 15.5 Å². The van der Waals surface area contributed by atoms with Crippen LogP contribution in [0.1, 0.15) is 5.56 Å². The third kappa shape index (κ3) is 7.09. The summed E-state index contributed by atoms with van der Waals surface area (Å²) in [6.45, 7) is -0.0220. The van der Waals surface area contributed by atoms with E-state index in [4.69, 9.17) is 4.74 Å². The van der Waals surface area contributed by atoms with Crippen molar-refractivity contribution in [1.82, 2.24) is 5.43 Å². The molecule has 0 aliphatic rings. The first kappa shape index (κ1) is 19.7. The van der Waals surface area contributed by atoms with E-state index in [0.717, 1.165) is 14.8 Å². The van der Waals surface area contributed by atoms with Crippen molar-refractivity contribution in [1.29, 1.82) is 0 Å². The molecule has 2 rings (SSSR count). The Morgan fingerprint density at radius 2 is 1.81 bits per heavy atom. The topological polar surface area (TPSA) is 89.0 Å². The van der Waals surface area contributed by atoms with E-state index in [0.29, 0.717) is 5.75 Å². The van der Waals surface area contributed by atoms with E-state index < -0.39 is 5.97 Å². The van der Waals surface area contributed by atoms with Crippen LogP contribution in [0.3, 0.4) is 0 Å². The highest BCUT2D eigenvalue weighted by Crippen LogP contribution is 2.11. The number of hydrogen-bond donors (Lipinski definition) is 2. The van der Waals surface area contributed by atoms with Crippen LogP contribution in [0.2, 0.25) is 0 Å². The molecule has 0 radical (unpaired) electrons. The third-order valence-electron chi connectivity index (χ3n) is 3.16. The lowest BCUT2D eigenvalue weighted by Gasteiger charge is -2.05. The zero-order valence-corrected chi connectivity index (χ0v) is 16.2. The summed E-state index contributed by atoms with van der Waals surface area (Å²) in [5.41, 5.74) is 4.10. The summed E-state index contributed by atoms with van der Waals surface area (Å²) >= 11 is 2.22. The summed E-state index contributed by atoms with van der Waals surface area (Å²) in [7, 11) is 1.30. The second kappa shape index (κ2) is 10.4. The quantitative estimate of drug-likeness (QED) is 0.270. The van der Waals surface area contributed by atoms with Gasteiger partial charge in [-0.25, -0.2) is 10.2 Å². The van der Waals surface area contributed by atoms with Gasteiger partial charge in [0.1, 0.15) is 5.75 Å². The molecule has 0 aliphatic carbocycles.